The summed E-state index contributed by atoms with van der Waals surface area (Å²) in [5.41, 5.74) is 1.35. The Hall–Kier alpha value is -2.43. The second-order valence-corrected chi connectivity index (χ2v) is 4.01. The third-order valence-corrected chi connectivity index (χ3v) is 2.71. The Kier molecular flexibility index (Phi) is 2.67. The first-order valence-corrected chi connectivity index (χ1v) is 5.57. The van der Waals surface area contributed by atoms with Crippen LogP contribution in [0.5, 0.6) is 5.75 Å². The summed E-state index contributed by atoms with van der Waals surface area (Å²) < 4.78 is 36.9. The molecule has 0 bridgehead atoms. The molecule has 3 nitrogen and oxygen atoms in total. The van der Waals surface area contributed by atoms with E-state index in [9.17, 15) is 8.78 Å². The number of methoxy groups -OCH3 is 1. The minimum absolute atomic E-state index is 0.168. The van der Waals surface area contributed by atoms with Gasteiger partial charge in [-0.3, -0.25) is 0 Å². The predicted octanol–water partition coefficient (Wildman–Crippen LogP) is 3.78. The lowest BCUT2D eigenvalue weighted by Gasteiger charge is -1.96. The molecule has 0 saturated heterocycles. The molecule has 0 unspecified atom stereocenters. The van der Waals surface area contributed by atoms with Crippen LogP contribution in [0, 0.1) is 11.6 Å². The molecule has 0 atom stereocenters. The summed E-state index contributed by atoms with van der Waals surface area (Å²) in [4.78, 5) is 4.19. The number of hydrogen-bond donors (Lipinski definition) is 0. The van der Waals surface area contributed by atoms with E-state index in [4.69, 9.17) is 9.15 Å². The van der Waals surface area contributed by atoms with Gasteiger partial charge in [-0.15, -0.1) is 0 Å². The second kappa shape index (κ2) is 4.35. The number of nitrogens with zero attached hydrogens (tertiary/aromatic N) is 1. The van der Waals surface area contributed by atoms with Gasteiger partial charge in [0.25, 0.3) is 0 Å². The van der Waals surface area contributed by atoms with Gasteiger partial charge in [-0.1, -0.05) is 0 Å². The van der Waals surface area contributed by atoms with Crippen molar-refractivity contribution in [2.24, 2.45) is 0 Å². The lowest BCUT2D eigenvalue weighted by atomic mass is 10.2. The summed E-state index contributed by atoms with van der Waals surface area (Å²) >= 11 is 0. The van der Waals surface area contributed by atoms with E-state index in [2.05, 4.69) is 4.98 Å². The maximum Gasteiger partial charge on any atom is 0.227 e. The van der Waals surface area contributed by atoms with Crippen LogP contribution in [0.2, 0.25) is 0 Å². The fraction of sp³-hybridized carbons (Fsp3) is 0.0714. The third-order valence-electron chi connectivity index (χ3n) is 2.71. The van der Waals surface area contributed by atoms with Gasteiger partial charge in [0.15, 0.2) is 5.58 Å². The van der Waals surface area contributed by atoms with Gasteiger partial charge in [0.1, 0.15) is 22.9 Å². The molecule has 1 heterocycles. The number of fused-ring (bicyclic) bond motifs is 1. The molecule has 0 amide bonds. The van der Waals surface area contributed by atoms with Crippen molar-refractivity contribution < 1.29 is 17.9 Å². The first-order valence-electron chi connectivity index (χ1n) is 5.57. The van der Waals surface area contributed by atoms with Gasteiger partial charge >= 0.3 is 0 Å². The average Bonchev–Trinajstić information content (AvgIpc) is 2.80. The van der Waals surface area contributed by atoms with E-state index in [0.29, 0.717) is 16.8 Å². The summed E-state index contributed by atoms with van der Waals surface area (Å²) in [5.74, 6) is -0.549. The number of benzene rings is 2. The lowest BCUT2D eigenvalue weighted by molar-refractivity contribution is 0.414. The van der Waals surface area contributed by atoms with E-state index < -0.39 is 11.6 Å². The quantitative estimate of drug-likeness (QED) is 0.704. The maximum absolute atomic E-state index is 13.2. The van der Waals surface area contributed by atoms with Crippen molar-refractivity contribution in [1.29, 1.82) is 0 Å². The molecule has 0 aliphatic heterocycles. The fourth-order valence-electron chi connectivity index (χ4n) is 1.83. The zero-order chi connectivity index (χ0) is 13.4. The molecule has 0 radical (unpaired) electrons. The molecule has 3 rings (SSSR count). The van der Waals surface area contributed by atoms with Crippen molar-refractivity contribution in [1.82, 2.24) is 4.98 Å². The molecule has 0 aliphatic rings. The minimum atomic E-state index is -0.671. The average molecular weight is 261 g/mol. The Balaban J connectivity index is 2.14. The van der Waals surface area contributed by atoms with Gasteiger partial charge in [-0.25, -0.2) is 13.8 Å². The zero-order valence-electron chi connectivity index (χ0n) is 9.98. The molecule has 3 aromatic rings. The Bertz CT molecular complexity index is 732. The molecule has 0 saturated carbocycles. The Labute approximate surface area is 107 Å². The first kappa shape index (κ1) is 11.6. The van der Waals surface area contributed by atoms with Crippen molar-refractivity contribution >= 4 is 11.1 Å². The van der Waals surface area contributed by atoms with Crippen LogP contribution in [0.1, 0.15) is 0 Å². The van der Waals surface area contributed by atoms with Crippen LogP contribution in [-0.2, 0) is 0 Å². The van der Waals surface area contributed by atoms with Crippen LogP contribution < -0.4 is 4.74 Å². The van der Waals surface area contributed by atoms with Crippen molar-refractivity contribution in [3.8, 4) is 17.2 Å². The van der Waals surface area contributed by atoms with Crippen LogP contribution in [0.25, 0.3) is 22.6 Å². The molecule has 19 heavy (non-hydrogen) atoms. The highest BCUT2D eigenvalue weighted by molar-refractivity contribution is 5.77. The summed E-state index contributed by atoms with van der Waals surface area (Å²) in [6.45, 7) is 0. The van der Waals surface area contributed by atoms with Gasteiger partial charge in [-0.05, 0) is 24.3 Å². The number of halogens is 2. The van der Waals surface area contributed by atoms with Gasteiger partial charge in [0.2, 0.25) is 5.89 Å². The SMILES string of the molecule is COc1ccc2nc(-c3cc(F)cc(F)c3)oc2c1. The summed E-state index contributed by atoms with van der Waals surface area (Å²) in [6, 6.07) is 8.27. The van der Waals surface area contributed by atoms with Crippen molar-refractivity contribution in [2.45, 2.75) is 0 Å². The van der Waals surface area contributed by atoms with Gasteiger partial charge < -0.3 is 9.15 Å². The monoisotopic (exact) mass is 261 g/mol. The number of aromatic nitrogens is 1. The van der Waals surface area contributed by atoms with Crippen LogP contribution >= 0.6 is 0 Å². The van der Waals surface area contributed by atoms with Crippen LogP contribution in [0.3, 0.4) is 0 Å². The topological polar surface area (TPSA) is 35.3 Å². The van der Waals surface area contributed by atoms with E-state index in [1.807, 2.05) is 0 Å². The molecular formula is C14H9F2NO2. The van der Waals surface area contributed by atoms with E-state index >= 15 is 0 Å². The smallest absolute Gasteiger partial charge is 0.227 e. The molecule has 5 heteroatoms. The Morgan fingerprint density at radius 2 is 1.79 bits per heavy atom. The fourth-order valence-corrected chi connectivity index (χ4v) is 1.83. The predicted molar refractivity (Wildman–Crippen MR) is 65.9 cm³/mol. The molecule has 0 aliphatic carbocycles. The van der Waals surface area contributed by atoms with Crippen LogP contribution in [0.4, 0.5) is 8.78 Å². The standard InChI is InChI=1S/C14H9F2NO2/c1-18-11-2-3-12-13(7-11)19-14(17-12)8-4-9(15)6-10(16)5-8/h2-7H,1H3. The van der Waals surface area contributed by atoms with E-state index in [1.165, 1.54) is 12.1 Å². The van der Waals surface area contributed by atoms with E-state index in [0.717, 1.165) is 6.07 Å². The zero-order valence-corrected chi connectivity index (χ0v) is 9.98. The molecule has 0 fully saturated rings. The molecule has 0 spiro atoms. The van der Waals surface area contributed by atoms with E-state index in [-0.39, 0.29) is 11.5 Å². The summed E-state index contributed by atoms with van der Waals surface area (Å²) in [5, 5.41) is 0. The van der Waals surface area contributed by atoms with Crippen LogP contribution in [0.15, 0.2) is 40.8 Å². The molecule has 96 valence electrons. The lowest BCUT2D eigenvalue weighted by Crippen LogP contribution is -1.83. The van der Waals surface area contributed by atoms with Crippen molar-refractivity contribution in [3.63, 3.8) is 0 Å². The maximum atomic E-state index is 13.2. The Morgan fingerprint density at radius 3 is 2.47 bits per heavy atom. The molecule has 1 aromatic heterocycles. The Morgan fingerprint density at radius 1 is 1.05 bits per heavy atom. The largest absolute Gasteiger partial charge is 0.497 e. The van der Waals surface area contributed by atoms with Crippen molar-refractivity contribution in [2.75, 3.05) is 7.11 Å². The third kappa shape index (κ3) is 2.14. The highest BCUT2D eigenvalue weighted by atomic mass is 19.1. The van der Waals surface area contributed by atoms with Crippen LogP contribution in [-0.4, -0.2) is 12.1 Å². The highest BCUT2D eigenvalue weighted by Crippen LogP contribution is 2.27. The van der Waals surface area contributed by atoms with Gasteiger partial charge in [0.05, 0.1) is 7.11 Å². The van der Waals surface area contributed by atoms with E-state index in [1.54, 1.807) is 25.3 Å². The first-order chi connectivity index (χ1) is 9.15. The van der Waals surface area contributed by atoms with Crippen molar-refractivity contribution in [3.05, 3.63) is 48.0 Å². The summed E-state index contributed by atoms with van der Waals surface area (Å²) in [6.07, 6.45) is 0. The van der Waals surface area contributed by atoms with Gasteiger partial charge in [0, 0.05) is 17.7 Å². The highest BCUT2D eigenvalue weighted by Gasteiger charge is 2.11. The number of hydrogen-bond acceptors (Lipinski definition) is 3. The molecular weight excluding hydrogens is 252 g/mol. The summed E-state index contributed by atoms with van der Waals surface area (Å²) in [7, 11) is 1.54. The number of rotatable bonds is 2. The minimum Gasteiger partial charge on any atom is -0.497 e. The number of ether oxygens (including phenoxy) is 1. The number of oxazole rings is 1. The second-order valence-electron chi connectivity index (χ2n) is 4.01. The molecule has 2 aromatic carbocycles. The van der Waals surface area contributed by atoms with Gasteiger partial charge in [-0.2, -0.15) is 0 Å². The molecule has 0 N–H and O–H groups in total. The normalized spacial score (nSPS) is 10.9.